The second-order valence-corrected chi connectivity index (χ2v) is 6.22. The minimum absolute atomic E-state index is 0.0109. The number of rotatable bonds is 7. The van der Waals surface area contributed by atoms with Crippen molar-refractivity contribution >= 4 is 11.8 Å². The van der Waals surface area contributed by atoms with Gasteiger partial charge in [-0.3, -0.25) is 9.59 Å². The van der Waals surface area contributed by atoms with E-state index in [2.05, 4.69) is 5.32 Å². The molecular formula is C21H26N2O2. The fourth-order valence-electron chi connectivity index (χ4n) is 2.80. The normalized spacial score (nSPS) is 11.6. The molecule has 2 aromatic carbocycles. The quantitative estimate of drug-likeness (QED) is 0.843. The highest BCUT2D eigenvalue weighted by molar-refractivity contribution is 5.87. The van der Waals surface area contributed by atoms with Crippen LogP contribution in [0.3, 0.4) is 0 Å². The first-order valence-electron chi connectivity index (χ1n) is 8.62. The van der Waals surface area contributed by atoms with Crippen LogP contribution in [0.15, 0.2) is 54.6 Å². The molecule has 0 aliphatic heterocycles. The molecule has 25 heavy (non-hydrogen) atoms. The summed E-state index contributed by atoms with van der Waals surface area (Å²) in [6.45, 7) is 4.24. The fourth-order valence-corrected chi connectivity index (χ4v) is 2.80. The monoisotopic (exact) mass is 338 g/mol. The maximum Gasteiger partial charge on any atom is 0.242 e. The topological polar surface area (TPSA) is 49.4 Å². The average Bonchev–Trinajstić information content (AvgIpc) is 2.65. The van der Waals surface area contributed by atoms with Gasteiger partial charge in [-0.15, -0.1) is 0 Å². The Morgan fingerprint density at radius 2 is 1.68 bits per heavy atom. The van der Waals surface area contributed by atoms with Crippen LogP contribution in [0, 0.1) is 6.92 Å². The van der Waals surface area contributed by atoms with Crippen molar-refractivity contribution in [3.63, 3.8) is 0 Å². The highest BCUT2D eigenvalue weighted by atomic mass is 16.2. The lowest BCUT2D eigenvalue weighted by Gasteiger charge is -2.29. The minimum Gasteiger partial charge on any atom is -0.357 e. The second kappa shape index (κ2) is 9.02. The predicted molar refractivity (Wildman–Crippen MR) is 100 cm³/mol. The average molecular weight is 338 g/mol. The number of carbonyl (C=O) groups excluding carboxylic acids is 2. The Hall–Kier alpha value is -2.62. The Bertz CT molecular complexity index is 713. The third kappa shape index (κ3) is 5.18. The van der Waals surface area contributed by atoms with Crippen LogP contribution in [0.4, 0.5) is 0 Å². The first-order chi connectivity index (χ1) is 12.0. The van der Waals surface area contributed by atoms with Gasteiger partial charge in [-0.2, -0.15) is 0 Å². The first kappa shape index (κ1) is 18.7. The van der Waals surface area contributed by atoms with Gasteiger partial charge in [0.15, 0.2) is 0 Å². The van der Waals surface area contributed by atoms with Crippen LogP contribution in [-0.2, 0) is 22.6 Å². The molecule has 132 valence electrons. The van der Waals surface area contributed by atoms with E-state index in [1.807, 2.05) is 61.5 Å². The SMILES string of the molecule is CNC(=O)[C@H](C)N(Cc1ccccc1C)C(=O)CCc1ccccc1. The molecule has 0 unspecified atom stereocenters. The molecule has 0 aliphatic rings. The summed E-state index contributed by atoms with van der Waals surface area (Å²) < 4.78 is 0. The standard InChI is InChI=1S/C21H26N2O2/c1-16-9-7-8-12-19(16)15-23(17(2)21(25)22-3)20(24)14-13-18-10-5-4-6-11-18/h4-12,17H,13-15H2,1-3H3,(H,22,25)/t17-/m0/s1. The molecule has 0 fully saturated rings. The van der Waals surface area contributed by atoms with E-state index in [0.29, 0.717) is 19.4 Å². The summed E-state index contributed by atoms with van der Waals surface area (Å²) in [4.78, 5) is 26.6. The lowest BCUT2D eigenvalue weighted by molar-refractivity contribution is -0.140. The Morgan fingerprint density at radius 1 is 1.04 bits per heavy atom. The minimum atomic E-state index is -0.507. The zero-order chi connectivity index (χ0) is 18.2. The summed E-state index contributed by atoms with van der Waals surface area (Å²) in [7, 11) is 1.60. The lowest BCUT2D eigenvalue weighted by atomic mass is 10.1. The smallest absolute Gasteiger partial charge is 0.242 e. The number of carbonyl (C=O) groups is 2. The predicted octanol–water partition coefficient (Wildman–Crippen LogP) is 3.09. The molecule has 0 spiro atoms. The maximum absolute atomic E-state index is 12.8. The van der Waals surface area contributed by atoms with Gasteiger partial charge in [-0.05, 0) is 37.0 Å². The van der Waals surface area contributed by atoms with E-state index in [9.17, 15) is 9.59 Å². The van der Waals surface area contributed by atoms with Crippen molar-refractivity contribution in [1.29, 1.82) is 0 Å². The molecule has 0 saturated heterocycles. The van der Waals surface area contributed by atoms with E-state index in [4.69, 9.17) is 0 Å². The van der Waals surface area contributed by atoms with Crippen molar-refractivity contribution < 1.29 is 9.59 Å². The van der Waals surface area contributed by atoms with E-state index in [-0.39, 0.29) is 11.8 Å². The number of hydrogen-bond donors (Lipinski definition) is 1. The number of hydrogen-bond acceptors (Lipinski definition) is 2. The van der Waals surface area contributed by atoms with Gasteiger partial charge in [0, 0.05) is 20.0 Å². The van der Waals surface area contributed by atoms with Crippen LogP contribution < -0.4 is 5.32 Å². The van der Waals surface area contributed by atoms with Crippen molar-refractivity contribution in [2.24, 2.45) is 0 Å². The summed E-state index contributed by atoms with van der Waals surface area (Å²) in [5.74, 6) is -0.162. The van der Waals surface area contributed by atoms with Gasteiger partial charge >= 0.3 is 0 Å². The number of aryl methyl sites for hydroxylation is 2. The van der Waals surface area contributed by atoms with Crippen molar-refractivity contribution in [2.75, 3.05) is 7.05 Å². The molecule has 0 aliphatic carbocycles. The van der Waals surface area contributed by atoms with Crippen LogP contribution in [0.1, 0.15) is 30.0 Å². The summed E-state index contributed by atoms with van der Waals surface area (Å²) in [5, 5.41) is 2.64. The van der Waals surface area contributed by atoms with Crippen molar-refractivity contribution in [1.82, 2.24) is 10.2 Å². The second-order valence-electron chi connectivity index (χ2n) is 6.22. The molecule has 0 bridgehead atoms. The van der Waals surface area contributed by atoms with E-state index in [1.165, 1.54) is 0 Å². The zero-order valence-electron chi connectivity index (χ0n) is 15.2. The summed E-state index contributed by atoms with van der Waals surface area (Å²) >= 11 is 0. The van der Waals surface area contributed by atoms with Gasteiger partial charge in [0.05, 0.1) is 0 Å². The van der Waals surface area contributed by atoms with Gasteiger partial charge in [0.25, 0.3) is 0 Å². The van der Waals surface area contributed by atoms with E-state index >= 15 is 0 Å². The molecule has 0 radical (unpaired) electrons. The molecule has 4 heteroatoms. The van der Waals surface area contributed by atoms with Gasteiger partial charge < -0.3 is 10.2 Å². The van der Waals surface area contributed by atoms with Gasteiger partial charge in [-0.1, -0.05) is 54.6 Å². The summed E-state index contributed by atoms with van der Waals surface area (Å²) in [6, 6.07) is 17.4. The number of amides is 2. The van der Waals surface area contributed by atoms with Gasteiger partial charge in [0.1, 0.15) is 6.04 Å². The molecule has 2 amide bonds. The Balaban J connectivity index is 2.14. The number of benzene rings is 2. The third-order valence-electron chi connectivity index (χ3n) is 4.49. The van der Waals surface area contributed by atoms with Crippen LogP contribution in [-0.4, -0.2) is 29.8 Å². The first-order valence-corrected chi connectivity index (χ1v) is 8.62. The number of nitrogens with zero attached hydrogens (tertiary/aromatic N) is 1. The molecule has 4 nitrogen and oxygen atoms in total. The van der Waals surface area contributed by atoms with Crippen LogP contribution in [0.25, 0.3) is 0 Å². The maximum atomic E-state index is 12.8. The van der Waals surface area contributed by atoms with Crippen molar-refractivity contribution in [2.45, 2.75) is 39.3 Å². The Labute approximate surface area is 149 Å². The van der Waals surface area contributed by atoms with Crippen LogP contribution in [0.2, 0.25) is 0 Å². The number of nitrogens with one attached hydrogen (secondary N) is 1. The Morgan fingerprint density at radius 3 is 2.32 bits per heavy atom. The molecule has 0 aromatic heterocycles. The highest BCUT2D eigenvalue weighted by Gasteiger charge is 2.25. The molecule has 2 rings (SSSR count). The lowest BCUT2D eigenvalue weighted by Crippen LogP contribution is -2.46. The molecular weight excluding hydrogens is 312 g/mol. The highest BCUT2D eigenvalue weighted by Crippen LogP contribution is 2.15. The van der Waals surface area contributed by atoms with E-state index < -0.39 is 6.04 Å². The van der Waals surface area contributed by atoms with Crippen LogP contribution in [0.5, 0.6) is 0 Å². The van der Waals surface area contributed by atoms with E-state index in [1.54, 1.807) is 18.9 Å². The molecule has 1 atom stereocenters. The number of likely N-dealkylation sites (N-methyl/N-ethyl adjacent to an activating group) is 1. The van der Waals surface area contributed by atoms with Crippen molar-refractivity contribution in [3.8, 4) is 0 Å². The van der Waals surface area contributed by atoms with Gasteiger partial charge in [-0.25, -0.2) is 0 Å². The van der Waals surface area contributed by atoms with Gasteiger partial charge in [0.2, 0.25) is 11.8 Å². The molecule has 0 saturated carbocycles. The van der Waals surface area contributed by atoms with E-state index in [0.717, 1.165) is 16.7 Å². The zero-order valence-corrected chi connectivity index (χ0v) is 15.2. The molecule has 1 N–H and O–H groups in total. The Kier molecular flexibility index (Phi) is 6.75. The van der Waals surface area contributed by atoms with Crippen molar-refractivity contribution in [3.05, 3.63) is 71.3 Å². The van der Waals surface area contributed by atoms with Crippen LogP contribution >= 0.6 is 0 Å². The fraction of sp³-hybridized carbons (Fsp3) is 0.333. The molecule has 2 aromatic rings. The summed E-state index contributed by atoms with van der Waals surface area (Å²) in [5.41, 5.74) is 3.30. The summed E-state index contributed by atoms with van der Waals surface area (Å²) in [6.07, 6.45) is 1.06. The molecule has 0 heterocycles. The largest absolute Gasteiger partial charge is 0.357 e. The third-order valence-corrected chi connectivity index (χ3v) is 4.49.